The predicted octanol–water partition coefficient (Wildman–Crippen LogP) is 1.73. The zero-order valence-electron chi connectivity index (χ0n) is 10.8. The van der Waals surface area contributed by atoms with Gasteiger partial charge in [0.1, 0.15) is 6.04 Å². The van der Waals surface area contributed by atoms with Gasteiger partial charge < -0.3 is 20.7 Å². The van der Waals surface area contributed by atoms with Crippen LogP contribution in [-0.4, -0.2) is 33.1 Å². The van der Waals surface area contributed by atoms with Gasteiger partial charge in [-0.2, -0.15) is 0 Å². The lowest BCUT2D eigenvalue weighted by Gasteiger charge is -2.14. The second-order valence-corrected chi connectivity index (χ2v) is 6.14. The number of carbonyl (C=O) groups excluding carboxylic acids is 1. The molecular formula is C12H13BrN4O3S. The number of nitrogens with zero attached hydrogens (tertiary/aromatic N) is 1. The molecule has 0 aromatic carbocycles. The smallest absolute Gasteiger partial charge is 0.326 e. The highest BCUT2D eigenvalue weighted by Crippen LogP contribution is 2.19. The topological polar surface area (TPSA) is 107 Å². The average molecular weight is 373 g/mol. The van der Waals surface area contributed by atoms with Crippen LogP contribution in [0.2, 0.25) is 0 Å². The van der Waals surface area contributed by atoms with E-state index in [-0.39, 0.29) is 6.42 Å². The Bertz CT molecular complexity index is 614. The molecule has 4 N–H and O–H groups in total. The van der Waals surface area contributed by atoms with Gasteiger partial charge in [-0.1, -0.05) is 0 Å². The summed E-state index contributed by atoms with van der Waals surface area (Å²) in [7, 11) is 0. The van der Waals surface area contributed by atoms with Crippen LogP contribution in [0.5, 0.6) is 0 Å². The van der Waals surface area contributed by atoms with Crippen LogP contribution in [0.15, 0.2) is 28.4 Å². The SMILES string of the molecule is O=C(NCc1cc(Br)cs1)N[C@H](Cc1cnc[nH]1)C(=O)O. The van der Waals surface area contributed by atoms with E-state index >= 15 is 0 Å². The van der Waals surface area contributed by atoms with Crippen LogP contribution in [0, 0.1) is 0 Å². The molecule has 1 atom stereocenters. The number of halogens is 1. The molecule has 2 aromatic rings. The molecule has 112 valence electrons. The molecule has 9 heteroatoms. The zero-order valence-corrected chi connectivity index (χ0v) is 13.2. The third kappa shape index (κ3) is 4.87. The fourth-order valence-electron chi connectivity index (χ4n) is 1.64. The number of H-pyrrole nitrogens is 1. The minimum absolute atomic E-state index is 0.146. The number of urea groups is 1. The number of nitrogens with one attached hydrogen (secondary N) is 3. The first kappa shape index (κ1) is 15.5. The summed E-state index contributed by atoms with van der Waals surface area (Å²) in [4.78, 5) is 30.5. The molecule has 7 nitrogen and oxygen atoms in total. The molecule has 0 unspecified atom stereocenters. The van der Waals surface area contributed by atoms with Gasteiger partial charge in [0.15, 0.2) is 0 Å². The van der Waals surface area contributed by atoms with E-state index < -0.39 is 18.0 Å². The Kier molecular flexibility index (Phi) is 5.34. The van der Waals surface area contributed by atoms with E-state index in [9.17, 15) is 9.59 Å². The van der Waals surface area contributed by atoms with E-state index in [2.05, 4.69) is 36.5 Å². The van der Waals surface area contributed by atoms with E-state index in [1.54, 1.807) is 0 Å². The number of aromatic amines is 1. The highest BCUT2D eigenvalue weighted by Gasteiger charge is 2.20. The van der Waals surface area contributed by atoms with Gasteiger partial charge in [0.25, 0.3) is 0 Å². The van der Waals surface area contributed by atoms with Crippen molar-refractivity contribution >= 4 is 39.3 Å². The standard InChI is InChI=1S/C12H13BrN4O3S/c13-7-1-9(21-5-7)4-15-12(20)17-10(11(18)19)2-8-3-14-6-16-8/h1,3,5-6,10H,2,4H2,(H,14,16)(H,18,19)(H2,15,17,20)/t10-/m1/s1. The van der Waals surface area contributed by atoms with Crippen LogP contribution < -0.4 is 10.6 Å². The summed E-state index contributed by atoms with van der Waals surface area (Å²) in [5.74, 6) is -1.10. The van der Waals surface area contributed by atoms with Crippen LogP contribution in [0.1, 0.15) is 10.6 Å². The molecule has 0 aliphatic carbocycles. The highest BCUT2D eigenvalue weighted by molar-refractivity contribution is 9.10. The number of thiophene rings is 1. The van der Waals surface area contributed by atoms with Crippen LogP contribution in [0.3, 0.4) is 0 Å². The van der Waals surface area contributed by atoms with E-state index in [4.69, 9.17) is 5.11 Å². The van der Waals surface area contributed by atoms with Gasteiger partial charge in [-0.25, -0.2) is 14.6 Å². The molecule has 0 spiro atoms. The monoisotopic (exact) mass is 372 g/mol. The molecule has 0 aliphatic rings. The minimum Gasteiger partial charge on any atom is -0.480 e. The predicted molar refractivity (Wildman–Crippen MR) is 81.1 cm³/mol. The minimum atomic E-state index is -1.10. The molecule has 0 radical (unpaired) electrons. The number of carbonyl (C=O) groups is 2. The number of aliphatic carboxylic acids is 1. The molecule has 2 amide bonds. The fourth-order valence-corrected chi connectivity index (χ4v) is 3.03. The lowest BCUT2D eigenvalue weighted by atomic mass is 10.2. The normalized spacial score (nSPS) is 11.9. The fraction of sp³-hybridized carbons (Fsp3) is 0.250. The van der Waals surface area contributed by atoms with Crippen molar-refractivity contribution in [2.45, 2.75) is 19.0 Å². The van der Waals surface area contributed by atoms with Crippen molar-refractivity contribution in [3.63, 3.8) is 0 Å². The number of carboxylic acids is 1. The first-order chi connectivity index (χ1) is 10.0. The molecule has 0 aliphatic heterocycles. The Morgan fingerprint density at radius 2 is 2.33 bits per heavy atom. The van der Waals surface area contributed by atoms with Gasteiger partial charge in [-0.05, 0) is 22.0 Å². The van der Waals surface area contributed by atoms with E-state index in [0.717, 1.165) is 9.35 Å². The van der Waals surface area contributed by atoms with Crippen LogP contribution in [0.25, 0.3) is 0 Å². The molecule has 0 bridgehead atoms. The molecule has 2 aromatic heterocycles. The van der Waals surface area contributed by atoms with Crippen molar-refractivity contribution in [2.24, 2.45) is 0 Å². The maximum atomic E-state index is 11.7. The van der Waals surface area contributed by atoms with Crippen LogP contribution in [0.4, 0.5) is 4.79 Å². The lowest BCUT2D eigenvalue weighted by molar-refractivity contribution is -0.139. The maximum Gasteiger partial charge on any atom is 0.326 e. The quantitative estimate of drug-likeness (QED) is 0.619. The van der Waals surface area contributed by atoms with Crippen LogP contribution >= 0.6 is 27.3 Å². The summed E-state index contributed by atoms with van der Waals surface area (Å²) in [6.45, 7) is 0.346. The summed E-state index contributed by atoms with van der Waals surface area (Å²) < 4.78 is 0.951. The van der Waals surface area contributed by atoms with E-state index in [0.29, 0.717) is 12.2 Å². The Morgan fingerprint density at radius 1 is 1.52 bits per heavy atom. The summed E-state index contributed by atoms with van der Waals surface area (Å²) in [5.41, 5.74) is 0.643. The van der Waals surface area contributed by atoms with Gasteiger partial charge >= 0.3 is 12.0 Å². The van der Waals surface area contributed by atoms with Crippen LogP contribution in [-0.2, 0) is 17.8 Å². The van der Waals surface area contributed by atoms with Gasteiger partial charge in [0.2, 0.25) is 0 Å². The number of hydrogen-bond acceptors (Lipinski definition) is 4. The molecular weight excluding hydrogens is 360 g/mol. The van der Waals surface area contributed by atoms with Crippen molar-refractivity contribution in [1.29, 1.82) is 0 Å². The van der Waals surface area contributed by atoms with Gasteiger partial charge in [-0.3, -0.25) is 0 Å². The summed E-state index contributed by atoms with van der Waals surface area (Å²) >= 11 is 4.83. The number of aromatic nitrogens is 2. The Hall–Kier alpha value is -1.87. The molecule has 0 saturated carbocycles. The van der Waals surface area contributed by atoms with Crippen molar-refractivity contribution in [3.8, 4) is 0 Å². The average Bonchev–Trinajstić information content (AvgIpc) is 3.07. The Morgan fingerprint density at radius 3 is 2.90 bits per heavy atom. The number of rotatable bonds is 6. The molecule has 0 saturated heterocycles. The highest BCUT2D eigenvalue weighted by atomic mass is 79.9. The maximum absolute atomic E-state index is 11.7. The van der Waals surface area contributed by atoms with E-state index in [1.807, 2.05) is 11.4 Å². The van der Waals surface area contributed by atoms with Crippen molar-refractivity contribution in [1.82, 2.24) is 20.6 Å². The third-order valence-corrected chi connectivity index (χ3v) is 4.32. The zero-order chi connectivity index (χ0) is 15.2. The summed E-state index contributed by atoms with van der Waals surface area (Å²) in [6.07, 6.45) is 3.13. The first-order valence-corrected chi connectivity index (χ1v) is 7.69. The number of carboxylic acid groups (broad SMARTS) is 1. The summed E-state index contributed by atoms with van der Waals surface area (Å²) in [6, 6.07) is 0.358. The largest absolute Gasteiger partial charge is 0.480 e. The lowest BCUT2D eigenvalue weighted by Crippen LogP contribution is -2.46. The molecule has 2 rings (SSSR count). The summed E-state index contributed by atoms with van der Waals surface area (Å²) in [5, 5.41) is 16.1. The van der Waals surface area contributed by atoms with E-state index in [1.165, 1.54) is 23.9 Å². The first-order valence-electron chi connectivity index (χ1n) is 6.02. The number of imidazole rings is 1. The van der Waals surface area contributed by atoms with Crippen molar-refractivity contribution in [2.75, 3.05) is 0 Å². The third-order valence-electron chi connectivity index (χ3n) is 2.63. The second-order valence-electron chi connectivity index (χ2n) is 4.23. The second kappa shape index (κ2) is 7.23. The number of hydrogen-bond donors (Lipinski definition) is 4. The molecule has 21 heavy (non-hydrogen) atoms. The van der Waals surface area contributed by atoms with Gasteiger partial charge in [0.05, 0.1) is 12.9 Å². The van der Waals surface area contributed by atoms with Gasteiger partial charge in [0, 0.05) is 33.0 Å². The Balaban J connectivity index is 1.84. The number of amides is 2. The molecule has 2 heterocycles. The van der Waals surface area contributed by atoms with Crippen molar-refractivity contribution < 1.29 is 14.7 Å². The van der Waals surface area contributed by atoms with Gasteiger partial charge in [-0.15, -0.1) is 11.3 Å². The Labute approximate surface area is 132 Å². The van der Waals surface area contributed by atoms with Crippen molar-refractivity contribution in [3.05, 3.63) is 39.0 Å². The molecule has 0 fully saturated rings.